The first-order valence-electron chi connectivity index (χ1n) is 7.12. The summed E-state index contributed by atoms with van der Waals surface area (Å²) in [6.45, 7) is 6.57. The van der Waals surface area contributed by atoms with Gasteiger partial charge in [0.1, 0.15) is 0 Å². The molecule has 1 N–H and O–H groups in total. The quantitative estimate of drug-likeness (QED) is 0.841. The predicted molar refractivity (Wildman–Crippen MR) is 83.3 cm³/mol. The molecule has 1 unspecified atom stereocenters. The van der Waals surface area contributed by atoms with Crippen LogP contribution in [0.15, 0.2) is 23.1 Å². The van der Waals surface area contributed by atoms with Crippen molar-refractivity contribution in [3.05, 3.63) is 29.3 Å². The van der Waals surface area contributed by atoms with E-state index in [2.05, 4.69) is 5.32 Å². The van der Waals surface area contributed by atoms with Crippen molar-refractivity contribution < 1.29 is 8.42 Å². The van der Waals surface area contributed by atoms with Crippen LogP contribution in [-0.2, 0) is 23.0 Å². The molecule has 0 heterocycles. The Labute approximate surface area is 123 Å². The molecule has 0 spiro atoms. The Bertz CT molecular complexity index is 541. The van der Waals surface area contributed by atoms with Gasteiger partial charge in [0.2, 0.25) is 10.0 Å². The fourth-order valence-corrected chi connectivity index (χ4v) is 3.87. The molecule has 0 aliphatic rings. The SMILES string of the molecule is CCc1ccc(CNC)cc1S(=O)(=O)N(C)C(C)CC. The molecule has 4 nitrogen and oxygen atoms in total. The number of sulfonamides is 1. The first kappa shape index (κ1) is 17.1. The molecule has 0 fully saturated rings. The zero-order chi connectivity index (χ0) is 15.3. The monoisotopic (exact) mass is 298 g/mol. The summed E-state index contributed by atoms with van der Waals surface area (Å²) in [5.74, 6) is 0. The summed E-state index contributed by atoms with van der Waals surface area (Å²) in [5, 5.41) is 3.05. The molecule has 20 heavy (non-hydrogen) atoms. The molecule has 1 aromatic carbocycles. The molecule has 0 aliphatic heterocycles. The van der Waals surface area contributed by atoms with Crippen molar-refractivity contribution in [1.82, 2.24) is 9.62 Å². The number of benzene rings is 1. The number of nitrogens with zero attached hydrogens (tertiary/aromatic N) is 1. The molecule has 0 radical (unpaired) electrons. The minimum Gasteiger partial charge on any atom is -0.316 e. The summed E-state index contributed by atoms with van der Waals surface area (Å²) in [6.07, 6.45) is 1.51. The molecule has 0 amide bonds. The topological polar surface area (TPSA) is 49.4 Å². The molecule has 0 aromatic heterocycles. The van der Waals surface area contributed by atoms with Crippen LogP contribution in [0.3, 0.4) is 0 Å². The maximum atomic E-state index is 12.8. The molecule has 1 aromatic rings. The molecular formula is C15H26N2O2S. The molecule has 0 saturated heterocycles. The normalized spacial score (nSPS) is 13.7. The summed E-state index contributed by atoms with van der Waals surface area (Å²) in [4.78, 5) is 0.440. The Kier molecular flexibility index (Phi) is 6.17. The van der Waals surface area contributed by atoms with Crippen LogP contribution >= 0.6 is 0 Å². The van der Waals surface area contributed by atoms with Crippen molar-refractivity contribution in [2.45, 2.75) is 51.1 Å². The maximum Gasteiger partial charge on any atom is 0.243 e. The van der Waals surface area contributed by atoms with E-state index >= 15 is 0 Å². The number of hydrogen-bond acceptors (Lipinski definition) is 3. The van der Waals surface area contributed by atoms with Crippen LogP contribution in [0.1, 0.15) is 38.3 Å². The number of nitrogens with one attached hydrogen (secondary N) is 1. The Morgan fingerprint density at radius 3 is 2.45 bits per heavy atom. The van der Waals surface area contributed by atoms with Gasteiger partial charge in [-0.05, 0) is 44.0 Å². The van der Waals surface area contributed by atoms with Crippen molar-refractivity contribution in [3.8, 4) is 0 Å². The molecule has 114 valence electrons. The lowest BCUT2D eigenvalue weighted by atomic mass is 10.1. The highest BCUT2D eigenvalue weighted by atomic mass is 32.2. The van der Waals surface area contributed by atoms with E-state index in [4.69, 9.17) is 0 Å². The van der Waals surface area contributed by atoms with E-state index in [1.54, 1.807) is 13.1 Å². The third-order valence-electron chi connectivity index (χ3n) is 3.76. The first-order valence-corrected chi connectivity index (χ1v) is 8.56. The van der Waals surface area contributed by atoms with Gasteiger partial charge in [-0.2, -0.15) is 4.31 Å². The lowest BCUT2D eigenvalue weighted by Crippen LogP contribution is -2.35. The van der Waals surface area contributed by atoms with Crippen LogP contribution in [0.4, 0.5) is 0 Å². The zero-order valence-electron chi connectivity index (χ0n) is 13.1. The summed E-state index contributed by atoms with van der Waals surface area (Å²) in [6, 6.07) is 5.70. The zero-order valence-corrected chi connectivity index (χ0v) is 13.9. The average Bonchev–Trinajstić information content (AvgIpc) is 2.45. The minimum absolute atomic E-state index is 0.00216. The van der Waals surface area contributed by atoms with Crippen molar-refractivity contribution >= 4 is 10.0 Å². The van der Waals surface area contributed by atoms with E-state index in [1.165, 1.54) is 4.31 Å². The second kappa shape index (κ2) is 7.20. The van der Waals surface area contributed by atoms with Gasteiger partial charge in [0.25, 0.3) is 0 Å². The fraction of sp³-hybridized carbons (Fsp3) is 0.600. The van der Waals surface area contributed by atoms with Gasteiger partial charge in [0.15, 0.2) is 0 Å². The highest BCUT2D eigenvalue weighted by molar-refractivity contribution is 7.89. The molecular weight excluding hydrogens is 272 g/mol. The molecule has 0 saturated carbocycles. The van der Waals surface area contributed by atoms with Gasteiger partial charge in [0, 0.05) is 19.6 Å². The Morgan fingerprint density at radius 2 is 1.95 bits per heavy atom. The van der Waals surface area contributed by atoms with Gasteiger partial charge >= 0.3 is 0 Å². The first-order chi connectivity index (χ1) is 9.38. The van der Waals surface area contributed by atoms with Crippen LogP contribution < -0.4 is 5.32 Å². The van der Waals surface area contributed by atoms with Gasteiger partial charge < -0.3 is 5.32 Å². The van der Waals surface area contributed by atoms with Crippen LogP contribution in [0, 0.1) is 0 Å². The summed E-state index contributed by atoms with van der Waals surface area (Å²) < 4.78 is 27.0. The predicted octanol–water partition coefficient (Wildman–Crippen LogP) is 2.39. The third kappa shape index (κ3) is 3.59. The van der Waals surface area contributed by atoms with E-state index in [9.17, 15) is 8.42 Å². The lowest BCUT2D eigenvalue weighted by Gasteiger charge is -2.24. The summed E-state index contributed by atoms with van der Waals surface area (Å²) >= 11 is 0. The van der Waals surface area contributed by atoms with Gasteiger partial charge in [-0.25, -0.2) is 8.42 Å². The van der Waals surface area contributed by atoms with E-state index in [1.807, 2.05) is 40.0 Å². The van der Waals surface area contributed by atoms with Crippen LogP contribution in [0.2, 0.25) is 0 Å². The average molecular weight is 298 g/mol. The Balaban J connectivity index is 3.31. The summed E-state index contributed by atoms with van der Waals surface area (Å²) in [7, 11) is 0.0864. The lowest BCUT2D eigenvalue weighted by molar-refractivity contribution is 0.380. The Hall–Kier alpha value is -0.910. The highest BCUT2D eigenvalue weighted by Crippen LogP contribution is 2.23. The van der Waals surface area contributed by atoms with Crippen molar-refractivity contribution in [2.24, 2.45) is 0 Å². The fourth-order valence-electron chi connectivity index (χ4n) is 2.09. The van der Waals surface area contributed by atoms with E-state index < -0.39 is 10.0 Å². The smallest absolute Gasteiger partial charge is 0.243 e. The van der Waals surface area contributed by atoms with Crippen LogP contribution in [0.25, 0.3) is 0 Å². The molecule has 0 aliphatic carbocycles. The van der Waals surface area contributed by atoms with Gasteiger partial charge in [-0.1, -0.05) is 26.0 Å². The molecule has 1 rings (SSSR count). The van der Waals surface area contributed by atoms with Crippen molar-refractivity contribution in [1.29, 1.82) is 0 Å². The minimum atomic E-state index is -3.43. The summed E-state index contributed by atoms with van der Waals surface area (Å²) in [5.41, 5.74) is 1.86. The van der Waals surface area contributed by atoms with Gasteiger partial charge in [0.05, 0.1) is 4.90 Å². The van der Waals surface area contributed by atoms with Crippen LogP contribution in [-0.4, -0.2) is 32.9 Å². The number of hydrogen-bond donors (Lipinski definition) is 1. The van der Waals surface area contributed by atoms with E-state index in [0.717, 1.165) is 17.5 Å². The van der Waals surface area contributed by atoms with Gasteiger partial charge in [-0.3, -0.25) is 0 Å². The van der Waals surface area contributed by atoms with E-state index in [-0.39, 0.29) is 6.04 Å². The van der Waals surface area contributed by atoms with Crippen molar-refractivity contribution in [2.75, 3.05) is 14.1 Å². The number of rotatable bonds is 7. The van der Waals surface area contributed by atoms with Crippen molar-refractivity contribution in [3.63, 3.8) is 0 Å². The molecule has 5 heteroatoms. The second-order valence-corrected chi connectivity index (χ2v) is 7.07. The number of aryl methyl sites for hydroxylation is 1. The van der Waals surface area contributed by atoms with E-state index in [0.29, 0.717) is 17.9 Å². The van der Waals surface area contributed by atoms with Crippen LogP contribution in [0.5, 0.6) is 0 Å². The molecule has 1 atom stereocenters. The van der Waals surface area contributed by atoms with Gasteiger partial charge in [-0.15, -0.1) is 0 Å². The Morgan fingerprint density at radius 1 is 1.30 bits per heavy atom. The third-order valence-corrected chi connectivity index (χ3v) is 5.82. The molecule has 0 bridgehead atoms. The standard InChI is InChI=1S/C15H26N2O2S/c1-6-12(3)17(5)20(18,19)15-10-13(11-16-4)8-9-14(15)7-2/h8-10,12,16H,6-7,11H2,1-5H3. The maximum absolute atomic E-state index is 12.8. The second-order valence-electron chi connectivity index (χ2n) is 5.10. The largest absolute Gasteiger partial charge is 0.316 e. The highest BCUT2D eigenvalue weighted by Gasteiger charge is 2.26.